The van der Waals surface area contributed by atoms with Gasteiger partial charge in [-0.2, -0.15) is 0 Å². The van der Waals surface area contributed by atoms with Crippen LogP contribution >= 0.6 is 35.0 Å². The lowest BCUT2D eigenvalue weighted by Crippen LogP contribution is -2.04. The lowest BCUT2D eigenvalue weighted by atomic mass is 10.1. The molecule has 0 atom stereocenters. The minimum atomic E-state index is 0.00755. The van der Waals surface area contributed by atoms with Crippen molar-refractivity contribution in [1.82, 2.24) is 14.8 Å². The highest BCUT2D eigenvalue weighted by atomic mass is 35.5. The van der Waals surface area contributed by atoms with Crippen molar-refractivity contribution in [3.63, 3.8) is 0 Å². The second-order valence-corrected chi connectivity index (χ2v) is 6.92. The normalized spacial score (nSPS) is 10.8. The van der Waals surface area contributed by atoms with Crippen LogP contribution in [0.4, 0.5) is 0 Å². The van der Waals surface area contributed by atoms with Gasteiger partial charge in [-0.3, -0.25) is 9.36 Å². The Kier molecular flexibility index (Phi) is 5.23. The van der Waals surface area contributed by atoms with Gasteiger partial charge in [0.1, 0.15) is 6.33 Å². The zero-order chi connectivity index (χ0) is 17.1. The Balaban J connectivity index is 1.75. The molecule has 3 rings (SSSR count). The molecule has 0 fully saturated rings. The maximum absolute atomic E-state index is 12.3. The van der Waals surface area contributed by atoms with Crippen molar-refractivity contribution in [2.24, 2.45) is 0 Å². The van der Waals surface area contributed by atoms with Gasteiger partial charge < -0.3 is 0 Å². The third-order valence-corrected chi connectivity index (χ3v) is 5.05. The van der Waals surface area contributed by atoms with Crippen LogP contribution in [0.5, 0.6) is 0 Å². The second-order valence-electron chi connectivity index (χ2n) is 5.14. The molecule has 0 amide bonds. The average molecular weight is 378 g/mol. The summed E-state index contributed by atoms with van der Waals surface area (Å²) in [4.78, 5) is 12.3. The van der Waals surface area contributed by atoms with E-state index in [4.69, 9.17) is 23.2 Å². The molecule has 0 bridgehead atoms. The molecule has 3 aromatic rings. The van der Waals surface area contributed by atoms with Crippen LogP contribution in [0.25, 0.3) is 5.69 Å². The molecule has 0 aliphatic heterocycles. The number of Topliss-reactive ketones (excluding diaryl/α,β-unsaturated/α-hetero) is 1. The zero-order valence-electron chi connectivity index (χ0n) is 12.7. The average Bonchev–Trinajstić information content (AvgIpc) is 3.04. The van der Waals surface area contributed by atoms with E-state index in [-0.39, 0.29) is 11.5 Å². The summed E-state index contributed by atoms with van der Waals surface area (Å²) >= 11 is 13.3. The molecule has 0 aliphatic rings. The quantitative estimate of drug-likeness (QED) is 0.470. The zero-order valence-corrected chi connectivity index (χ0v) is 15.1. The van der Waals surface area contributed by atoms with Crippen molar-refractivity contribution >= 4 is 40.7 Å². The molecule has 0 spiro atoms. The molecule has 0 saturated carbocycles. The highest BCUT2D eigenvalue weighted by molar-refractivity contribution is 7.99. The Hall–Kier alpha value is -1.82. The van der Waals surface area contributed by atoms with E-state index in [1.54, 1.807) is 30.6 Å². The number of aromatic nitrogens is 3. The highest BCUT2D eigenvalue weighted by Crippen LogP contribution is 2.24. The lowest BCUT2D eigenvalue weighted by Gasteiger charge is -2.07. The predicted molar refractivity (Wildman–Crippen MR) is 97.6 cm³/mol. The van der Waals surface area contributed by atoms with Crippen LogP contribution in [0.15, 0.2) is 53.9 Å². The summed E-state index contributed by atoms with van der Waals surface area (Å²) in [6.07, 6.45) is 1.61. The topological polar surface area (TPSA) is 47.8 Å². The maximum atomic E-state index is 12.3. The largest absolute Gasteiger partial charge is 0.293 e. The number of benzene rings is 2. The van der Waals surface area contributed by atoms with E-state index in [2.05, 4.69) is 10.2 Å². The summed E-state index contributed by atoms with van der Waals surface area (Å²) in [5, 5.41) is 9.94. The molecule has 0 N–H and O–H groups in total. The van der Waals surface area contributed by atoms with Crippen molar-refractivity contribution in [3.05, 3.63) is 70.0 Å². The SMILES string of the molecule is Cc1ccc(-n2cnnc2SCC(=O)c2ccc(Cl)cc2)cc1Cl. The van der Waals surface area contributed by atoms with Crippen LogP contribution in [-0.2, 0) is 0 Å². The first kappa shape index (κ1) is 17.0. The van der Waals surface area contributed by atoms with Crippen molar-refractivity contribution in [1.29, 1.82) is 0 Å². The van der Waals surface area contributed by atoms with Crippen LogP contribution in [0.2, 0.25) is 10.0 Å². The Morgan fingerprint density at radius 2 is 1.92 bits per heavy atom. The summed E-state index contributed by atoms with van der Waals surface area (Å²) in [7, 11) is 0. The Bertz CT molecular complexity index is 878. The molecule has 1 aromatic heterocycles. The van der Waals surface area contributed by atoms with Crippen LogP contribution in [0, 0.1) is 6.92 Å². The molecular formula is C17H13Cl2N3OS. The van der Waals surface area contributed by atoms with Gasteiger partial charge in [0.15, 0.2) is 10.9 Å². The highest BCUT2D eigenvalue weighted by Gasteiger charge is 2.12. The smallest absolute Gasteiger partial charge is 0.196 e. The van der Waals surface area contributed by atoms with Crippen LogP contribution in [-0.4, -0.2) is 26.3 Å². The number of carbonyl (C=O) groups excluding carboxylic acids is 1. The van der Waals surface area contributed by atoms with E-state index < -0.39 is 0 Å². The molecule has 24 heavy (non-hydrogen) atoms. The molecule has 122 valence electrons. The van der Waals surface area contributed by atoms with Crippen molar-refractivity contribution in [2.75, 3.05) is 5.75 Å². The summed E-state index contributed by atoms with van der Waals surface area (Å²) < 4.78 is 1.81. The standard InChI is InChI=1S/C17H13Cl2N3OS/c1-11-2-7-14(8-15(11)19)22-10-20-21-17(22)24-9-16(23)12-3-5-13(18)6-4-12/h2-8,10H,9H2,1H3. The first-order valence-electron chi connectivity index (χ1n) is 7.13. The summed E-state index contributed by atoms with van der Waals surface area (Å²) in [5.74, 6) is 0.271. The van der Waals surface area contributed by atoms with E-state index in [0.29, 0.717) is 20.8 Å². The molecule has 0 radical (unpaired) electrons. The molecule has 7 heteroatoms. The molecule has 4 nitrogen and oxygen atoms in total. The number of hydrogen-bond acceptors (Lipinski definition) is 4. The number of halogens is 2. The summed E-state index contributed by atoms with van der Waals surface area (Å²) in [6, 6.07) is 12.6. The molecule has 2 aromatic carbocycles. The fourth-order valence-electron chi connectivity index (χ4n) is 2.08. The van der Waals surface area contributed by atoms with Crippen molar-refractivity contribution in [2.45, 2.75) is 12.1 Å². The fourth-order valence-corrected chi connectivity index (χ4v) is 3.20. The van der Waals surface area contributed by atoms with Gasteiger partial charge in [0.2, 0.25) is 0 Å². The van der Waals surface area contributed by atoms with Crippen LogP contribution < -0.4 is 0 Å². The molecule has 0 aliphatic carbocycles. The first-order chi connectivity index (χ1) is 11.5. The number of thioether (sulfide) groups is 1. The van der Waals surface area contributed by atoms with Gasteiger partial charge in [-0.15, -0.1) is 10.2 Å². The van der Waals surface area contributed by atoms with Gasteiger partial charge in [0, 0.05) is 15.6 Å². The van der Waals surface area contributed by atoms with E-state index in [1.807, 2.05) is 29.7 Å². The van der Waals surface area contributed by atoms with Crippen LogP contribution in [0.3, 0.4) is 0 Å². The molecule has 0 saturated heterocycles. The van der Waals surface area contributed by atoms with Gasteiger partial charge in [-0.25, -0.2) is 0 Å². The van der Waals surface area contributed by atoms with Crippen molar-refractivity contribution in [3.8, 4) is 5.69 Å². The number of aryl methyl sites for hydroxylation is 1. The second kappa shape index (κ2) is 7.38. The number of hydrogen-bond donors (Lipinski definition) is 0. The number of ketones is 1. The van der Waals surface area contributed by atoms with E-state index in [1.165, 1.54) is 11.8 Å². The third kappa shape index (κ3) is 3.80. The van der Waals surface area contributed by atoms with Gasteiger partial charge in [0.05, 0.1) is 11.4 Å². The molecular weight excluding hydrogens is 365 g/mol. The van der Waals surface area contributed by atoms with Crippen molar-refractivity contribution < 1.29 is 4.79 Å². The van der Waals surface area contributed by atoms with E-state index in [9.17, 15) is 4.79 Å². The van der Waals surface area contributed by atoms with Crippen LogP contribution in [0.1, 0.15) is 15.9 Å². The molecule has 0 unspecified atom stereocenters. The Morgan fingerprint density at radius 1 is 1.17 bits per heavy atom. The van der Waals surface area contributed by atoms with Gasteiger partial charge >= 0.3 is 0 Å². The Labute approximate surface area is 153 Å². The first-order valence-corrected chi connectivity index (χ1v) is 8.87. The van der Waals surface area contributed by atoms with E-state index in [0.717, 1.165) is 11.3 Å². The van der Waals surface area contributed by atoms with Gasteiger partial charge in [-0.1, -0.05) is 41.0 Å². The minimum Gasteiger partial charge on any atom is -0.293 e. The summed E-state index contributed by atoms with van der Waals surface area (Å²) in [6.45, 7) is 1.94. The number of rotatable bonds is 5. The van der Waals surface area contributed by atoms with Gasteiger partial charge in [0.25, 0.3) is 0 Å². The van der Waals surface area contributed by atoms with Gasteiger partial charge in [-0.05, 0) is 48.9 Å². The number of carbonyl (C=O) groups is 1. The minimum absolute atomic E-state index is 0.00755. The molecule has 1 heterocycles. The number of nitrogens with zero attached hydrogens (tertiary/aromatic N) is 3. The maximum Gasteiger partial charge on any atom is 0.196 e. The third-order valence-electron chi connectivity index (χ3n) is 3.45. The Morgan fingerprint density at radius 3 is 2.62 bits per heavy atom. The summed E-state index contributed by atoms with van der Waals surface area (Å²) in [5.41, 5.74) is 2.48. The lowest BCUT2D eigenvalue weighted by molar-refractivity contribution is 0.102. The predicted octanol–water partition coefficient (Wildman–Crippen LogP) is 4.86. The monoisotopic (exact) mass is 377 g/mol. The van der Waals surface area contributed by atoms with E-state index >= 15 is 0 Å². The fraction of sp³-hybridized carbons (Fsp3) is 0.118.